The van der Waals surface area contributed by atoms with Crippen molar-refractivity contribution in [1.82, 2.24) is 14.5 Å². The Morgan fingerprint density at radius 1 is 1.56 bits per heavy atom. The summed E-state index contributed by atoms with van der Waals surface area (Å²) >= 11 is 5.77. The van der Waals surface area contributed by atoms with Crippen LogP contribution in [0.3, 0.4) is 0 Å². The third-order valence-corrected chi connectivity index (χ3v) is 3.48. The molecular formula is C11H16ClN3O. The molecule has 5 heteroatoms. The number of amides is 1. The quantitative estimate of drug-likeness (QED) is 0.745. The molecule has 1 unspecified atom stereocenters. The molecule has 0 radical (unpaired) electrons. The fourth-order valence-electron chi connectivity index (χ4n) is 2.04. The maximum atomic E-state index is 11.6. The first-order chi connectivity index (χ1) is 7.70. The van der Waals surface area contributed by atoms with Gasteiger partial charge in [-0.25, -0.2) is 4.98 Å². The molecule has 4 nitrogen and oxygen atoms in total. The number of carbonyl (C=O) groups is 1. The van der Waals surface area contributed by atoms with Crippen LogP contribution in [0, 0.1) is 12.8 Å². The normalized spacial score (nSPS) is 20.8. The van der Waals surface area contributed by atoms with Gasteiger partial charge in [0.1, 0.15) is 5.82 Å². The van der Waals surface area contributed by atoms with E-state index in [1.165, 1.54) is 0 Å². The number of aryl methyl sites for hydroxylation is 1. The van der Waals surface area contributed by atoms with Crippen molar-refractivity contribution >= 4 is 17.5 Å². The van der Waals surface area contributed by atoms with Crippen molar-refractivity contribution in [2.75, 3.05) is 19.0 Å². The number of hydrogen-bond donors (Lipinski definition) is 0. The van der Waals surface area contributed by atoms with Crippen LogP contribution in [0.15, 0.2) is 12.4 Å². The molecule has 1 amide bonds. The van der Waals surface area contributed by atoms with E-state index in [-0.39, 0.29) is 5.91 Å². The van der Waals surface area contributed by atoms with Crippen molar-refractivity contribution in [2.45, 2.75) is 19.9 Å². The number of imidazole rings is 1. The van der Waals surface area contributed by atoms with E-state index in [9.17, 15) is 4.79 Å². The number of halogens is 1. The molecule has 0 aliphatic carbocycles. The van der Waals surface area contributed by atoms with Gasteiger partial charge in [0, 0.05) is 44.3 Å². The van der Waals surface area contributed by atoms with E-state index in [4.69, 9.17) is 11.6 Å². The molecule has 0 saturated carbocycles. The molecule has 1 aromatic rings. The minimum atomic E-state index is 0.225. The SMILES string of the molecule is Cc1nccn1CCN1CC(CCl)CC1=O. The highest BCUT2D eigenvalue weighted by molar-refractivity contribution is 6.18. The third-order valence-electron chi connectivity index (χ3n) is 3.05. The van der Waals surface area contributed by atoms with Crippen LogP contribution >= 0.6 is 11.6 Å². The molecule has 0 spiro atoms. The topological polar surface area (TPSA) is 38.1 Å². The number of hydrogen-bond acceptors (Lipinski definition) is 2. The predicted octanol–water partition coefficient (Wildman–Crippen LogP) is 1.28. The zero-order valence-electron chi connectivity index (χ0n) is 9.40. The highest BCUT2D eigenvalue weighted by Crippen LogP contribution is 2.18. The van der Waals surface area contributed by atoms with E-state index < -0.39 is 0 Å². The molecule has 0 aromatic carbocycles. The second-order valence-corrected chi connectivity index (χ2v) is 4.54. The third kappa shape index (κ3) is 2.38. The first-order valence-corrected chi connectivity index (χ1v) is 6.05. The summed E-state index contributed by atoms with van der Waals surface area (Å²) in [5, 5.41) is 0. The summed E-state index contributed by atoms with van der Waals surface area (Å²) in [6, 6.07) is 0. The van der Waals surface area contributed by atoms with Gasteiger partial charge in [0.15, 0.2) is 0 Å². The Morgan fingerprint density at radius 2 is 2.38 bits per heavy atom. The number of rotatable bonds is 4. The van der Waals surface area contributed by atoms with Crippen molar-refractivity contribution in [3.63, 3.8) is 0 Å². The fraction of sp³-hybridized carbons (Fsp3) is 0.636. The Labute approximate surface area is 100 Å². The van der Waals surface area contributed by atoms with Gasteiger partial charge < -0.3 is 9.47 Å². The largest absolute Gasteiger partial charge is 0.341 e. The number of aromatic nitrogens is 2. The molecule has 1 aromatic heterocycles. The molecule has 2 rings (SSSR count). The maximum Gasteiger partial charge on any atom is 0.223 e. The summed E-state index contributed by atoms with van der Waals surface area (Å²) in [6.45, 7) is 4.33. The first-order valence-electron chi connectivity index (χ1n) is 5.52. The first kappa shape index (κ1) is 11.5. The average molecular weight is 242 g/mol. The van der Waals surface area contributed by atoms with Crippen molar-refractivity contribution in [3.05, 3.63) is 18.2 Å². The molecule has 1 saturated heterocycles. The van der Waals surface area contributed by atoms with E-state index in [1.807, 2.05) is 18.0 Å². The van der Waals surface area contributed by atoms with Crippen LogP contribution in [-0.4, -0.2) is 39.3 Å². The Bertz CT molecular complexity index is 377. The monoisotopic (exact) mass is 241 g/mol. The van der Waals surface area contributed by atoms with Crippen molar-refractivity contribution < 1.29 is 4.79 Å². The molecular weight excluding hydrogens is 226 g/mol. The van der Waals surface area contributed by atoms with E-state index in [1.54, 1.807) is 6.20 Å². The molecule has 2 heterocycles. The highest BCUT2D eigenvalue weighted by Gasteiger charge is 2.28. The number of likely N-dealkylation sites (tertiary alicyclic amines) is 1. The zero-order valence-corrected chi connectivity index (χ0v) is 10.2. The van der Waals surface area contributed by atoms with Crippen molar-refractivity contribution in [1.29, 1.82) is 0 Å². The van der Waals surface area contributed by atoms with E-state index in [2.05, 4.69) is 9.55 Å². The fourth-order valence-corrected chi connectivity index (χ4v) is 2.25. The Balaban J connectivity index is 1.87. The van der Waals surface area contributed by atoms with Crippen LogP contribution in [-0.2, 0) is 11.3 Å². The Hall–Kier alpha value is -1.03. The minimum Gasteiger partial charge on any atom is -0.341 e. The smallest absolute Gasteiger partial charge is 0.223 e. The van der Waals surface area contributed by atoms with Gasteiger partial charge in [-0.3, -0.25) is 4.79 Å². The van der Waals surface area contributed by atoms with Gasteiger partial charge in [-0.15, -0.1) is 11.6 Å². The molecule has 88 valence electrons. The van der Waals surface area contributed by atoms with Gasteiger partial charge in [-0.05, 0) is 12.8 Å². The van der Waals surface area contributed by atoms with E-state index >= 15 is 0 Å². The number of nitrogens with zero attached hydrogens (tertiary/aromatic N) is 3. The minimum absolute atomic E-state index is 0.225. The van der Waals surface area contributed by atoms with E-state index in [0.29, 0.717) is 18.2 Å². The average Bonchev–Trinajstić information content (AvgIpc) is 2.82. The van der Waals surface area contributed by atoms with Crippen LogP contribution in [0.2, 0.25) is 0 Å². The van der Waals surface area contributed by atoms with Gasteiger partial charge in [-0.2, -0.15) is 0 Å². The summed E-state index contributed by atoms with van der Waals surface area (Å²) in [5.41, 5.74) is 0. The number of alkyl halides is 1. The lowest BCUT2D eigenvalue weighted by molar-refractivity contribution is -0.127. The molecule has 1 atom stereocenters. The zero-order chi connectivity index (χ0) is 11.5. The highest BCUT2D eigenvalue weighted by atomic mass is 35.5. The predicted molar refractivity (Wildman–Crippen MR) is 62.4 cm³/mol. The lowest BCUT2D eigenvalue weighted by Gasteiger charge is -2.16. The van der Waals surface area contributed by atoms with Gasteiger partial charge in [0.05, 0.1) is 0 Å². The second-order valence-electron chi connectivity index (χ2n) is 4.23. The van der Waals surface area contributed by atoms with Gasteiger partial charge in [0.2, 0.25) is 5.91 Å². The van der Waals surface area contributed by atoms with Gasteiger partial charge >= 0.3 is 0 Å². The Morgan fingerprint density at radius 3 is 2.94 bits per heavy atom. The number of carbonyl (C=O) groups excluding carboxylic acids is 1. The van der Waals surface area contributed by atoms with Crippen LogP contribution in [0.5, 0.6) is 0 Å². The maximum absolute atomic E-state index is 11.6. The summed E-state index contributed by atoms with van der Waals surface area (Å²) in [5.74, 6) is 2.12. The lowest BCUT2D eigenvalue weighted by atomic mass is 10.2. The molecule has 16 heavy (non-hydrogen) atoms. The summed E-state index contributed by atoms with van der Waals surface area (Å²) in [4.78, 5) is 17.7. The molecule has 0 bridgehead atoms. The van der Waals surface area contributed by atoms with Crippen LogP contribution in [0.25, 0.3) is 0 Å². The molecule has 1 aliphatic rings. The summed E-state index contributed by atoms with van der Waals surface area (Å²) in [6.07, 6.45) is 4.32. The van der Waals surface area contributed by atoms with Crippen LogP contribution < -0.4 is 0 Å². The molecule has 0 N–H and O–H groups in total. The van der Waals surface area contributed by atoms with Gasteiger partial charge in [-0.1, -0.05) is 0 Å². The van der Waals surface area contributed by atoms with Crippen LogP contribution in [0.1, 0.15) is 12.2 Å². The van der Waals surface area contributed by atoms with E-state index in [0.717, 1.165) is 25.5 Å². The molecule has 1 aliphatic heterocycles. The Kier molecular flexibility index (Phi) is 3.49. The standard InChI is InChI=1S/C11H16ClN3O/c1-9-13-2-3-14(9)4-5-15-8-10(7-12)6-11(15)16/h2-3,10H,4-8H2,1H3. The summed E-state index contributed by atoms with van der Waals surface area (Å²) in [7, 11) is 0. The molecule has 1 fully saturated rings. The van der Waals surface area contributed by atoms with Gasteiger partial charge in [0.25, 0.3) is 0 Å². The summed E-state index contributed by atoms with van der Waals surface area (Å²) < 4.78 is 2.06. The van der Waals surface area contributed by atoms with Crippen LogP contribution in [0.4, 0.5) is 0 Å². The second kappa shape index (κ2) is 4.87. The van der Waals surface area contributed by atoms with Crippen molar-refractivity contribution in [2.24, 2.45) is 5.92 Å². The van der Waals surface area contributed by atoms with Crippen molar-refractivity contribution in [3.8, 4) is 0 Å². The lowest BCUT2D eigenvalue weighted by Crippen LogP contribution is -2.29.